The Kier molecular flexibility index (Phi) is 5.10. The summed E-state index contributed by atoms with van der Waals surface area (Å²) in [5, 5.41) is 3.47. The maximum Gasteiger partial charge on any atom is 0.145 e. The molecule has 6 heteroatoms. The summed E-state index contributed by atoms with van der Waals surface area (Å²) >= 11 is 1.92. The van der Waals surface area contributed by atoms with Crippen LogP contribution in [-0.4, -0.2) is 27.5 Å². The first kappa shape index (κ1) is 15.4. The van der Waals surface area contributed by atoms with Crippen molar-refractivity contribution in [1.29, 1.82) is 0 Å². The Morgan fingerprint density at radius 2 is 1.95 bits per heavy atom. The van der Waals surface area contributed by atoms with Crippen LogP contribution in [-0.2, 0) is 0 Å². The number of nitrogen functional groups attached to an aromatic ring is 1. The van der Waals surface area contributed by atoms with E-state index in [1.807, 2.05) is 17.8 Å². The Morgan fingerprint density at radius 1 is 1.30 bits per heavy atom. The summed E-state index contributed by atoms with van der Waals surface area (Å²) in [5.74, 6) is 8.48. The molecule has 1 heterocycles. The molecule has 1 aromatic rings. The van der Waals surface area contributed by atoms with Crippen molar-refractivity contribution < 1.29 is 0 Å². The van der Waals surface area contributed by atoms with Gasteiger partial charge in [0.25, 0.3) is 0 Å². The van der Waals surface area contributed by atoms with E-state index in [0.717, 1.165) is 31.0 Å². The molecule has 1 aromatic heterocycles. The van der Waals surface area contributed by atoms with Crippen LogP contribution < -0.4 is 16.6 Å². The van der Waals surface area contributed by atoms with Gasteiger partial charge in [0.05, 0.1) is 0 Å². The number of aromatic nitrogens is 2. The number of hydrogen-bond donors (Lipinski definition) is 3. The quantitative estimate of drug-likeness (QED) is 0.505. The zero-order valence-corrected chi connectivity index (χ0v) is 13.4. The molecule has 0 amide bonds. The lowest BCUT2D eigenvalue weighted by atomic mass is 10.0. The Labute approximate surface area is 125 Å². The molecule has 5 nitrogen and oxygen atoms in total. The van der Waals surface area contributed by atoms with Crippen LogP contribution in [0, 0.1) is 0 Å². The monoisotopic (exact) mass is 295 g/mol. The number of hydrogen-bond acceptors (Lipinski definition) is 6. The third-order valence-corrected chi connectivity index (χ3v) is 5.73. The first-order valence-corrected chi connectivity index (χ1v) is 8.53. The smallest absolute Gasteiger partial charge is 0.145 e. The number of anilines is 2. The minimum atomic E-state index is 0.265. The number of nitrogens with two attached hydrogens (primary N) is 1. The SMILES string of the molecule is CCC(CC)(CNc1cc(NN)nc(C2CC2)n1)SC. The summed E-state index contributed by atoms with van der Waals surface area (Å²) in [5.41, 5.74) is 2.63. The molecule has 0 unspecified atom stereocenters. The third kappa shape index (κ3) is 3.55. The molecular formula is C14H25N5S. The predicted molar refractivity (Wildman–Crippen MR) is 87.1 cm³/mol. The van der Waals surface area contributed by atoms with Gasteiger partial charge in [-0.25, -0.2) is 15.8 Å². The first-order valence-electron chi connectivity index (χ1n) is 7.31. The Hall–Kier alpha value is -1.01. The highest BCUT2D eigenvalue weighted by atomic mass is 32.2. The molecule has 0 radical (unpaired) electrons. The maximum atomic E-state index is 5.50. The number of nitrogens with one attached hydrogen (secondary N) is 2. The van der Waals surface area contributed by atoms with Gasteiger partial charge in [-0.05, 0) is 31.9 Å². The van der Waals surface area contributed by atoms with Crippen LogP contribution in [0.5, 0.6) is 0 Å². The van der Waals surface area contributed by atoms with E-state index in [9.17, 15) is 0 Å². The van der Waals surface area contributed by atoms with Gasteiger partial charge in [-0.1, -0.05) is 13.8 Å². The lowest BCUT2D eigenvalue weighted by molar-refractivity contribution is 0.573. The van der Waals surface area contributed by atoms with E-state index in [-0.39, 0.29) is 4.75 Å². The number of thioether (sulfide) groups is 1. The molecule has 0 bridgehead atoms. The van der Waals surface area contributed by atoms with Crippen molar-refractivity contribution in [3.8, 4) is 0 Å². The summed E-state index contributed by atoms with van der Waals surface area (Å²) in [6, 6.07) is 1.88. The van der Waals surface area contributed by atoms with Gasteiger partial charge < -0.3 is 10.7 Å². The van der Waals surface area contributed by atoms with E-state index in [2.05, 4.69) is 40.8 Å². The zero-order chi connectivity index (χ0) is 14.6. The average molecular weight is 295 g/mol. The second-order valence-corrected chi connectivity index (χ2v) is 6.64. The van der Waals surface area contributed by atoms with E-state index >= 15 is 0 Å². The Morgan fingerprint density at radius 3 is 2.45 bits per heavy atom. The summed E-state index contributed by atoms with van der Waals surface area (Å²) in [4.78, 5) is 9.05. The van der Waals surface area contributed by atoms with Gasteiger partial charge in [0.2, 0.25) is 0 Å². The van der Waals surface area contributed by atoms with Gasteiger partial charge in [-0.3, -0.25) is 0 Å². The molecule has 0 saturated heterocycles. The fourth-order valence-electron chi connectivity index (χ4n) is 2.27. The summed E-state index contributed by atoms with van der Waals surface area (Å²) in [7, 11) is 0. The van der Waals surface area contributed by atoms with Gasteiger partial charge >= 0.3 is 0 Å². The Bertz CT molecular complexity index is 435. The fraction of sp³-hybridized carbons (Fsp3) is 0.714. The number of rotatable bonds is 8. The first-order chi connectivity index (χ1) is 9.66. The van der Waals surface area contributed by atoms with Crippen LogP contribution in [0.15, 0.2) is 6.07 Å². The molecule has 1 aliphatic carbocycles. The molecule has 0 aliphatic heterocycles. The van der Waals surface area contributed by atoms with E-state index in [4.69, 9.17) is 5.84 Å². The summed E-state index contributed by atoms with van der Waals surface area (Å²) in [6.07, 6.45) is 6.83. The molecule has 2 rings (SSSR count). The average Bonchev–Trinajstić information content (AvgIpc) is 3.33. The minimum Gasteiger partial charge on any atom is -0.369 e. The van der Waals surface area contributed by atoms with Crippen LogP contribution in [0.1, 0.15) is 51.3 Å². The molecule has 0 atom stereocenters. The highest BCUT2D eigenvalue weighted by Gasteiger charge is 2.28. The van der Waals surface area contributed by atoms with Gasteiger partial charge in [0, 0.05) is 23.3 Å². The van der Waals surface area contributed by atoms with Crippen molar-refractivity contribution in [3.63, 3.8) is 0 Å². The van der Waals surface area contributed by atoms with Crippen LogP contribution in [0.3, 0.4) is 0 Å². The van der Waals surface area contributed by atoms with Crippen LogP contribution >= 0.6 is 11.8 Å². The predicted octanol–water partition coefficient (Wildman–Crippen LogP) is 2.97. The van der Waals surface area contributed by atoms with Crippen molar-refractivity contribution in [2.75, 3.05) is 23.5 Å². The fourth-order valence-corrected chi connectivity index (χ4v) is 3.06. The minimum absolute atomic E-state index is 0.265. The molecular weight excluding hydrogens is 270 g/mol. The number of hydrazine groups is 1. The topological polar surface area (TPSA) is 75.9 Å². The summed E-state index contributed by atoms with van der Waals surface area (Å²) < 4.78 is 0.265. The molecule has 0 spiro atoms. The lowest BCUT2D eigenvalue weighted by Gasteiger charge is -2.30. The summed E-state index contributed by atoms with van der Waals surface area (Å²) in [6.45, 7) is 5.39. The van der Waals surface area contributed by atoms with Gasteiger partial charge in [-0.15, -0.1) is 0 Å². The van der Waals surface area contributed by atoms with Gasteiger partial charge in [0.1, 0.15) is 17.5 Å². The number of nitrogens with zero attached hydrogens (tertiary/aromatic N) is 2. The van der Waals surface area contributed by atoms with Crippen molar-refractivity contribution in [2.24, 2.45) is 5.84 Å². The second kappa shape index (κ2) is 6.63. The van der Waals surface area contributed by atoms with E-state index in [1.165, 1.54) is 12.8 Å². The van der Waals surface area contributed by atoms with E-state index < -0.39 is 0 Å². The standard InChI is InChI=1S/C14H25N5S/c1-4-14(5-2,20-3)9-16-11-8-12(19-15)18-13(17-11)10-6-7-10/h8,10H,4-7,9,15H2,1-3H3,(H2,16,17,18,19). The highest BCUT2D eigenvalue weighted by Crippen LogP contribution is 2.39. The third-order valence-electron chi connectivity index (χ3n) is 4.15. The normalized spacial score (nSPS) is 15.2. The van der Waals surface area contributed by atoms with Gasteiger partial charge in [0.15, 0.2) is 0 Å². The van der Waals surface area contributed by atoms with Crippen molar-refractivity contribution in [3.05, 3.63) is 11.9 Å². The highest BCUT2D eigenvalue weighted by molar-refractivity contribution is 8.00. The molecule has 0 aromatic carbocycles. The molecule has 1 fully saturated rings. The molecule has 4 N–H and O–H groups in total. The van der Waals surface area contributed by atoms with E-state index in [1.54, 1.807) is 0 Å². The van der Waals surface area contributed by atoms with Crippen molar-refractivity contribution in [1.82, 2.24) is 9.97 Å². The Balaban J connectivity index is 2.10. The van der Waals surface area contributed by atoms with Gasteiger partial charge in [-0.2, -0.15) is 11.8 Å². The second-order valence-electron chi connectivity index (χ2n) is 5.36. The zero-order valence-electron chi connectivity index (χ0n) is 12.6. The lowest BCUT2D eigenvalue weighted by Crippen LogP contribution is -2.32. The largest absolute Gasteiger partial charge is 0.369 e. The van der Waals surface area contributed by atoms with Crippen molar-refractivity contribution >= 4 is 23.4 Å². The van der Waals surface area contributed by atoms with Crippen LogP contribution in [0.4, 0.5) is 11.6 Å². The molecule has 20 heavy (non-hydrogen) atoms. The maximum absolute atomic E-state index is 5.50. The van der Waals surface area contributed by atoms with E-state index in [0.29, 0.717) is 11.7 Å². The van der Waals surface area contributed by atoms with Crippen molar-refractivity contribution in [2.45, 2.75) is 50.2 Å². The van der Waals surface area contributed by atoms with Crippen LogP contribution in [0.2, 0.25) is 0 Å². The molecule has 112 valence electrons. The van der Waals surface area contributed by atoms with Crippen LogP contribution in [0.25, 0.3) is 0 Å². The molecule has 1 saturated carbocycles. The molecule has 1 aliphatic rings.